The van der Waals surface area contributed by atoms with Crippen LogP contribution in [0.25, 0.3) is 11.0 Å². The number of alkyl halides is 2. The summed E-state index contributed by atoms with van der Waals surface area (Å²) in [6.07, 6.45) is 0. The Morgan fingerprint density at radius 2 is 1.93 bits per heavy atom. The van der Waals surface area contributed by atoms with Crippen LogP contribution in [0.1, 0.15) is 36.4 Å². The second kappa shape index (κ2) is 9.15. The van der Waals surface area contributed by atoms with Gasteiger partial charge in [-0.15, -0.1) is 0 Å². The van der Waals surface area contributed by atoms with Crippen molar-refractivity contribution in [3.8, 4) is 0 Å². The van der Waals surface area contributed by atoms with Crippen molar-refractivity contribution < 1.29 is 8.78 Å². The van der Waals surface area contributed by atoms with Crippen LogP contribution in [0, 0.1) is 13.8 Å². The second-order valence-corrected chi connectivity index (χ2v) is 6.45. The number of nitrogens with zero attached hydrogens (tertiary/aromatic N) is 4. The van der Waals surface area contributed by atoms with E-state index in [1.165, 1.54) is 12.1 Å². The summed E-state index contributed by atoms with van der Waals surface area (Å²) in [5.74, 6) is 5.61. The maximum Gasteiger partial charge on any atom is 0.349 e. The van der Waals surface area contributed by atoms with Crippen LogP contribution in [0.2, 0.25) is 5.02 Å². The van der Waals surface area contributed by atoms with Gasteiger partial charge in [0, 0.05) is 10.4 Å². The molecule has 0 unspecified atom stereocenters. The minimum Gasteiger partial charge on any atom is -0.321 e. The maximum absolute atomic E-state index is 14.6. The number of nitrogens with two attached hydrogens (primary N) is 2. The molecule has 0 bridgehead atoms. The number of aryl methyl sites for hydroxylation is 2. The van der Waals surface area contributed by atoms with Gasteiger partial charge in [0.25, 0.3) is 0 Å². The van der Waals surface area contributed by atoms with Gasteiger partial charge in [-0.3, -0.25) is 0 Å². The first kappa shape index (κ1) is 22.5. The van der Waals surface area contributed by atoms with Gasteiger partial charge in [0.05, 0.1) is 12.2 Å². The maximum atomic E-state index is 14.6. The molecule has 1 aromatic carbocycles. The number of hydrogen-bond acceptors (Lipinski definition) is 5. The summed E-state index contributed by atoms with van der Waals surface area (Å²) in [7, 11) is 0. The number of benzene rings is 1. The van der Waals surface area contributed by atoms with Gasteiger partial charge in [0.15, 0.2) is 5.65 Å². The molecule has 0 saturated heterocycles. The topological polar surface area (TPSA) is 107 Å². The lowest BCUT2D eigenvalue weighted by atomic mass is 10.1. The van der Waals surface area contributed by atoms with E-state index in [1.54, 1.807) is 17.7 Å². The average molecular weight is 424 g/mol. The van der Waals surface area contributed by atoms with Crippen molar-refractivity contribution in [2.75, 3.05) is 0 Å². The number of aromatic nitrogens is 3. The van der Waals surface area contributed by atoms with Crippen molar-refractivity contribution in [3.05, 3.63) is 57.9 Å². The number of halogens is 3. The van der Waals surface area contributed by atoms with Crippen LogP contribution in [0.15, 0.2) is 35.4 Å². The highest BCUT2D eigenvalue weighted by molar-refractivity contribution is 6.31. The Labute approximate surface area is 172 Å². The van der Waals surface area contributed by atoms with E-state index in [4.69, 9.17) is 23.3 Å². The molecular weight excluding hydrogens is 400 g/mol. The largest absolute Gasteiger partial charge is 0.349 e. The molecule has 0 aliphatic carbocycles. The van der Waals surface area contributed by atoms with Crippen LogP contribution >= 0.6 is 11.6 Å². The van der Waals surface area contributed by atoms with Crippen molar-refractivity contribution in [1.29, 1.82) is 0 Å². The summed E-state index contributed by atoms with van der Waals surface area (Å²) < 4.78 is 30.7. The van der Waals surface area contributed by atoms with E-state index in [0.29, 0.717) is 28.3 Å². The molecule has 2 aromatic heterocycles. The van der Waals surface area contributed by atoms with Crippen molar-refractivity contribution in [3.63, 3.8) is 0 Å². The van der Waals surface area contributed by atoms with Gasteiger partial charge < -0.3 is 11.3 Å². The molecule has 0 radical (unpaired) electrons. The standard InChI is InChI=1S/C17H18ClF2N7.C2H6/c1-9-4-3-5-13(18)12(9)8-27-15-11(10(2)26-27)6-7-14(23-15)17(19,20)16(24-21)25-22;1-2/h3-7H,8,21-22H2,1-2H3,(H,24,25);1-2H3. The Morgan fingerprint density at radius 1 is 1.24 bits per heavy atom. The molecule has 3 aromatic rings. The van der Waals surface area contributed by atoms with Crippen LogP contribution in [0.3, 0.4) is 0 Å². The molecule has 0 aliphatic heterocycles. The van der Waals surface area contributed by atoms with Crippen LogP contribution in [-0.2, 0) is 12.5 Å². The van der Waals surface area contributed by atoms with Gasteiger partial charge in [0.1, 0.15) is 5.69 Å². The monoisotopic (exact) mass is 423 g/mol. The first-order chi connectivity index (χ1) is 13.8. The number of hydrazone groups is 1. The number of rotatable bonds is 4. The Balaban J connectivity index is 0.00000145. The van der Waals surface area contributed by atoms with Crippen LogP contribution in [-0.4, -0.2) is 20.6 Å². The number of amidine groups is 1. The lowest BCUT2D eigenvalue weighted by molar-refractivity contribution is 0.0666. The van der Waals surface area contributed by atoms with Crippen molar-refractivity contribution in [2.24, 2.45) is 16.8 Å². The minimum absolute atomic E-state index is 0.296. The summed E-state index contributed by atoms with van der Waals surface area (Å²) in [6, 6.07) is 8.27. The number of nitrogens with one attached hydrogen (secondary N) is 1. The van der Waals surface area contributed by atoms with Crippen LogP contribution in [0.5, 0.6) is 0 Å². The lowest BCUT2D eigenvalue weighted by Gasteiger charge is -2.17. The van der Waals surface area contributed by atoms with Gasteiger partial charge >= 0.3 is 5.92 Å². The Morgan fingerprint density at radius 3 is 2.52 bits per heavy atom. The number of pyridine rings is 1. The fraction of sp³-hybridized carbons (Fsp3) is 0.316. The molecule has 0 fully saturated rings. The van der Waals surface area contributed by atoms with E-state index in [9.17, 15) is 8.78 Å². The molecule has 5 N–H and O–H groups in total. The third kappa shape index (κ3) is 4.30. The fourth-order valence-electron chi connectivity index (χ4n) is 2.84. The van der Waals surface area contributed by atoms with Gasteiger partial charge in [0.2, 0.25) is 5.84 Å². The summed E-state index contributed by atoms with van der Waals surface area (Å²) in [5, 5.41) is 8.67. The molecule has 0 aliphatic rings. The Bertz CT molecular complexity index is 1010. The van der Waals surface area contributed by atoms with E-state index in [-0.39, 0.29) is 0 Å². The number of fused-ring (bicyclic) bond motifs is 1. The molecule has 0 atom stereocenters. The lowest BCUT2D eigenvalue weighted by Crippen LogP contribution is -2.43. The highest BCUT2D eigenvalue weighted by Gasteiger charge is 2.40. The number of hydrazine groups is 1. The minimum atomic E-state index is -3.58. The highest BCUT2D eigenvalue weighted by atomic mass is 35.5. The van der Waals surface area contributed by atoms with Crippen LogP contribution in [0.4, 0.5) is 8.78 Å². The molecule has 2 heterocycles. The molecule has 156 valence electrons. The van der Waals surface area contributed by atoms with E-state index in [0.717, 1.165) is 11.1 Å². The Kier molecular flexibility index (Phi) is 7.10. The third-order valence-corrected chi connectivity index (χ3v) is 4.68. The predicted molar refractivity (Wildman–Crippen MR) is 112 cm³/mol. The molecule has 10 heteroatoms. The van der Waals surface area contributed by atoms with E-state index in [2.05, 4.69) is 15.2 Å². The van der Waals surface area contributed by atoms with Crippen LogP contribution < -0.4 is 17.1 Å². The summed E-state index contributed by atoms with van der Waals surface area (Å²) in [4.78, 5) is 4.12. The SMILES string of the molecule is CC.Cc1cccc(Cl)c1Cn1nc(C)c2ccc(C(F)(F)/C(=N/N)NN)nc21. The molecule has 3 rings (SSSR count). The second-order valence-electron chi connectivity index (χ2n) is 6.04. The summed E-state index contributed by atoms with van der Waals surface area (Å²) in [5.41, 5.74) is 4.04. The normalized spacial score (nSPS) is 11.9. The molecule has 7 nitrogen and oxygen atoms in total. The van der Waals surface area contributed by atoms with Gasteiger partial charge in [-0.2, -0.15) is 19.0 Å². The van der Waals surface area contributed by atoms with E-state index in [1.807, 2.05) is 38.3 Å². The molecule has 0 spiro atoms. The number of hydrogen-bond donors (Lipinski definition) is 3. The van der Waals surface area contributed by atoms with E-state index < -0.39 is 17.5 Å². The predicted octanol–water partition coefficient (Wildman–Crippen LogP) is 3.60. The third-order valence-electron chi connectivity index (χ3n) is 4.33. The first-order valence-corrected chi connectivity index (χ1v) is 9.38. The summed E-state index contributed by atoms with van der Waals surface area (Å²) in [6.45, 7) is 8.00. The zero-order chi connectivity index (χ0) is 21.8. The van der Waals surface area contributed by atoms with Gasteiger partial charge in [-0.05, 0) is 43.2 Å². The molecule has 0 amide bonds. The van der Waals surface area contributed by atoms with E-state index >= 15 is 0 Å². The summed E-state index contributed by atoms with van der Waals surface area (Å²) >= 11 is 6.29. The van der Waals surface area contributed by atoms with Gasteiger partial charge in [-0.1, -0.05) is 37.6 Å². The Hall–Kier alpha value is -2.78. The smallest absolute Gasteiger partial charge is 0.321 e. The molecule has 29 heavy (non-hydrogen) atoms. The molecular formula is C19H24ClF2N7. The average Bonchev–Trinajstić information content (AvgIpc) is 3.02. The quantitative estimate of drug-likeness (QED) is 0.257. The fourth-order valence-corrected chi connectivity index (χ4v) is 3.12. The zero-order valence-corrected chi connectivity index (χ0v) is 17.4. The molecule has 0 saturated carbocycles. The van der Waals surface area contributed by atoms with Crippen molar-refractivity contribution in [2.45, 2.75) is 40.2 Å². The van der Waals surface area contributed by atoms with Crippen molar-refractivity contribution >= 4 is 28.5 Å². The van der Waals surface area contributed by atoms with Gasteiger partial charge in [-0.25, -0.2) is 15.5 Å². The first-order valence-electron chi connectivity index (χ1n) is 9.01. The highest BCUT2D eigenvalue weighted by Crippen LogP contribution is 2.30. The zero-order valence-electron chi connectivity index (χ0n) is 16.7. The van der Waals surface area contributed by atoms with Crippen molar-refractivity contribution in [1.82, 2.24) is 20.2 Å².